The van der Waals surface area contributed by atoms with Crippen molar-refractivity contribution >= 4 is 22.8 Å². The lowest BCUT2D eigenvalue weighted by Gasteiger charge is -2.02. The maximum atomic E-state index is 11.4. The zero-order valence-electron chi connectivity index (χ0n) is 8.15. The Morgan fingerprint density at radius 3 is 2.88 bits per heavy atom. The third-order valence-corrected chi connectivity index (χ3v) is 2.53. The van der Waals surface area contributed by atoms with E-state index in [9.17, 15) is 9.59 Å². The van der Waals surface area contributed by atoms with Crippen LogP contribution in [-0.2, 0) is 4.79 Å². The number of urea groups is 1. The average Bonchev–Trinajstić information content (AvgIpc) is 2.81. The number of hydrogen-bond acceptors (Lipinski definition) is 3. The minimum Gasteiger partial charge on any atom is -0.356 e. The van der Waals surface area contributed by atoms with Crippen LogP contribution >= 0.6 is 0 Å². The molecule has 2 aromatic rings. The van der Waals surface area contributed by atoms with Crippen molar-refractivity contribution in [3.8, 4) is 0 Å². The lowest BCUT2D eigenvalue weighted by atomic mass is 10.2. The number of aromatic nitrogens is 2. The van der Waals surface area contributed by atoms with Crippen LogP contribution in [0.4, 0.5) is 4.79 Å². The third kappa shape index (κ3) is 1.23. The van der Waals surface area contributed by atoms with Gasteiger partial charge >= 0.3 is 6.03 Å². The molecule has 0 bridgehead atoms. The summed E-state index contributed by atoms with van der Waals surface area (Å²) in [5.74, 6) is -0.343. The first-order valence-corrected chi connectivity index (χ1v) is 4.78. The zero-order valence-corrected chi connectivity index (χ0v) is 8.15. The summed E-state index contributed by atoms with van der Waals surface area (Å²) in [7, 11) is 0. The minimum atomic E-state index is -0.639. The van der Waals surface area contributed by atoms with Gasteiger partial charge in [0, 0.05) is 29.0 Å². The highest BCUT2D eigenvalue weighted by Gasteiger charge is 2.31. The number of carbonyl (C=O) groups excluding carboxylic acids is 2. The molecule has 3 N–H and O–H groups in total. The number of amides is 3. The Balaban J connectivity index is 2.06. The van der Waals surface area contributed by atoms with E-state index in [2.05, 4.69) is 20.6 Å². The van der Waals surface area contributed by atoms with Gasteiger partial charge in [-0.1, -0.05) is 0 Å². The van der Waals surface area contributed by atoms with Gasteiger partial charge < -0.3 is 10.3 Å². The number of nitrogens with zero attached hydrogens (tertiary/aromatic N) is 1. The van der Waals surface area contributed by atoms with Crippen molar-refractivity contribution in [1.82, 2.24) is 20.6 Å². The fourth-order valence-electron chi connectivity index (χ4n) is 1.79. The lowest BCUT2D eigenvalue weighted by Crippen LogP contribution is -2.22. The fourth-order valence-corrected chi connectivity index (χ4v) is 1.79. The van der Waals surface area contributed by atoms with Gasteiger partial charge in [-0.15, -0.1) is 0 Å². The van der Waals surface area contributed by atoms with Crippen molar-refractivity contribution in [3.05, 3.63) is 30.2 Å². The summed E-state index contributed by atoms with van der Waals surface area (Å²) in [5, 5.41) is 5.62. The summed E-state index contributed by atoms with van der Waals surface area (Å²) in [6, 6.07) is 2.51. The molecule has 0 aromatic carbocycles. The molecule has 0 aliphatic carbocycles. The number of rotatable bonds is 1. The summed E-state index contributed by atoms with van der Waals surface area (Å²) in [6.07, 6.45) is 3.36. The van der Waals surface area contributed by atoms with Crippen LogP contribution in [0.2, 0.25) is 0 Å². The molecule has 0 spiro atoms. The molecule has 3 amide bonds. The molecular formula is C10H8N4O2. The number of hydrogen-bond donors (Lipinski definition) is 3. The van der Waals surface area contributed by atoms with E-state index in [1.54, 1.807) is 18.5 Å². The van der Waals surface area contributed by atoms with Gasteiger partial charge in [0.2, 0.25) is 0 Å². The van der Waals surface area contributed by atoms with Gasteiger partial charge in [0.15, 0.2) is 6.04 Å². The van der Waals surface area contributed by atoms with Crippen LogP contribution in [0.5, 0.6) is 0 Å². The van der Waals surface area contributed by atoms with Crippen LogP contribution in [-0.4, -0.2) is 21.9 Å². The lowest BCUT2D eigenvalue weighted by molar-refractivity contribution is -0.120. The van der Waals surface area contributed by atoms with Crippen molar-refractivity contribution in [1.29, 1.82) is 0 Å². The van der Waals surface area contributed by atoms with E-state index in [0.29, 0.717) is 5.69 Å². The number of aromatic amines is 1. The minimum absolute atomic E-state index is 0.343. The van der Waals surface area contributed by atoms with Crippen molar-refractivity contribution in [2.24, 2.45) is 0 Å². The third-order valence-electron chi connectivity index (χ3n) is 2.53. The van der Waals surface area contributed by atoms with Gasteiger partial charge in [0.1, 0.15) is 0 Å². The Morgan fingerprint density at radius 2 is 2.19 bits per heavy atom. The van der Waals surface area contributed by atoms with Crippen LogP contribution in [0.1, 0.15) is 11.7 Å². The van der Waals surface area contributed by atoms with Crippen LogP contribution in [0.25, 0.3) is 10.9 Å². The molecule has 1 saturated heterocycles. The number of pyridine rings is 1. The fraction of sp³-hybridized carbons (Fsp3) is 0.100. The van der Waals surface area contributed by atoms with E-state index in [4.69, 9.17) is 0 Å². The monoisotopic (exact) mass is 216 g/mol. The summed E-state index contributed by atoms with van der Waals surface area (Å²) < 4.78 is 0. The molecule has 1 fully saturated rings. The number of nitrogens with one attached hydrogen (secondary N) is 3. The number of imide groups is 1. The van der Waals surface area contributed by atoms with Crippen molar-refractivity contribution < 1.29 is 9.59 Å². The van der Waals surface area contributed by atoms with E-state index in [-0.39, 0.29) is 5.91 Å². The van der Waals surface area contributed by atoms with Gasteiger partial charge in [-0.2, -0.15) is 0 Å². The summed E-state index contributed by atoms with van der Waals surface area (Å²) in [5.41, 5.74) is 1.55. The zero-order chi connectivity index (χ0) is 11.1. The second-order valence-corrected chi connectivity index (χ2v) is 3.58. The van der Waals surface area contributed by atoms with Crippen molar-refractivity contribution in [3.63, 3.8) is 0 Å². The molecule has 2 aromatic heterocycles. The molecule has 3 rings (SSSR count). The molecule has 1 aliphatic rings. The Kier molecular flexibility index (Phi) is 1.70. The number of carbonyl (C=O) groups is 2. The first kappa shape index (κ1) is 8.90. The smallest absolute Gasteiger partial charge is 0.322 e. The van der Waals surface area contributed by atoms with Gasteiger partial charge in [-0.25, -0.2) is 4.79 Å². The normalized spacial score (nSPS) is 19.9. The van der Waals surface area contributed by atoms with Gasteiger partial charge in [0.05, 0.1) is 0 Å². The van der Waals surface area contributed by atoms with Crippen LogP contribution in [0.3, 0.4) is 0 Å². The summed E-state index contributed by atoms with van der Waals surface area (Å²) in [4.78, 5) is 29.5. The molecule has 1 unspecified atom stereocenters. The average molecular weight is 216 g/mol. The molecule has 0 radical (unpaired) electrons. The highest BCUT2D eigenvalue weighted by molar-refractivity contribution is 6.04. The van der Waals surface area contributed by atoms with E-state index < -0.39 is 12.1 Å². The van der Waals surface area contributed by atoms with Crippen LogP contribution in [0, 0.1) is 0 Å². The van der Waals surface area contributed by atoms with Gasteiger partial charge in [0.25, 0.3) is 5.91 Å². The van der Waals surface area contributed by atoms with E-state index >= 15 is 0 Å². The van der Waals surface area contributed by atoms with Crippen LogP contribution in [0.15, 0.2) is 24.5 Å². The highest BCUT2D eigenvalue weighted by Crippen LogP contribution is 2.20. The second kappa shape index (κ2) is 3.06. The summed E-state index contributed by atoms with van der Waals surface area (Å²) >= 11 is 0. The first-order valence-electron chi connectivity index (χ1n) is 4.78. The van der Waals surface area contributed by atoms with E-state index in [1.807, 2.05) is 6.07 Å². The second-order valence-electron chi connectivity index (χ2n) is 3.58. The highest BCUT2D eigenvalue weighted by atomic mass is 16.2. The number of H-pyrrole nitrogens is 1. The van der Waals surface area contributed by atoms with E-state index in [0.717, 1.165) is 10.9 Å². The topological polar surface area (TPSA) is 86.9 Å². The Hall–Kier alpha value is -2.37. The molecule has 1 atom stereocenters. The molecule has 6 nitrogen and oxygen atoms in total. The molecule has 3 heterocycles. The number of fused-ring (bicyclic) bond motifs is 1. The largest absolute Gasteiger partial charge is 0.356 e. The molecule has 16 heavy (non-hydrogen) atoms. The Labute approximate surface area is 90.1 Å². The van der Waals surface area contributed by atoms with Gasteiger partial charge in [-0.05, 0) is 12.1 Å². The maximum absolute atomic E-state index is 11.4. The van der Waals surface area contributed by atoms with Crippen LogP contribution < -0.4 is 10.6 Å². The molecular weight excluding hydrogens is 208 g/mol. The predicted molar refractivity (Wildman–Crippen MR) is 55.5 cm³/mol. The SMILES string of the molecule is O=C1NC(=O)C(c2cc3cnccc3[nH]2)N1. The molecule has 80 valence electrons. The standard InChI is InChI=1S/C10H8N4O2/c15-9-8(13-10(16)14-9)7-3-5-4-11-2-1-6(5)12-7/h1-4,8,12H,(H2,13,14,15,16). The van der Waals surface area contributed by atoms with Gasteiger partial charge in [-0.3, -0.25) is 15.1 Å². The summed E-state index contributed by atoms with van der Waals surface area (Å²) in [6.45, 7) is 0. The quantitative estimate of drug-likeness (QED) is 0.604. The van der Waals surface area contributed by atoms with Crippen molar-refractivity contribution in [2.75, 3.05) is 0 Å². The molecule has 1 aliphatic heterocycles. The van der Waals surface area contributed by atoms with E-state index in [1.165, 1.54) is 0 Å². The molecule has 0 saturated carbocycles. The predicted octanol–water partition coefficient (Wildman–Crippen LogP) is 0.443. The molecule has 6 heteroatoms. The van der Waals surface area contributed by atoms with Crippen molar-refractivity contribution in [2.45, 2.75) is 6.04 Å². The Bertz CT molecular complexity index is 556. The first-order chi connectivity index (χ1) is 7.74. The Morgan fingerprint density at radius 1 is 1.31 bits per heavy atom. The maximum Gasteiger partial charge on any atom is 0.322 e.